The van der Waals surface area contributed by atoms with Crippen molar-refractivity contribution in [2.24, 2.45) is 0 Å². The fourth-order valence-corrected chi connectivity index (χ4v) is 1.56. The van der Waals surface area contributed by atoms with E-state index in [0.717, 1.165) is 0 Å². The first kappa shape index (κ1) is 12.1. The molecule has 15 heavy (non-hydrogen) atoms. The summed E-state index contributed by atoms with van der Waals surface area (Å²) >= 11 is 3.02. The highest BCUT2D eigenvalue weighted by Crippen LogP contribution is 2.25. The van der Waals surface area contributed by atoms with Crippen molar-refractivity contribution < 1.29 is 14.3 Å². The van der Waals surface area contributed by atoms with Crippen molar-refractivity contribution in [1.29, 1.82) is 0 Å². The lowest BCUT2D eigenvalue weighted by Gasteiger charge is -2.24. The Labute approximate surface area is 95.4 Å². The first-order valence-electron chi connectivity index (χ1n) is 4.29. The number of benzene rings is 1. The second-order valence-corrected chi connectivity index (χ2v) is 4.16. The van der Waals surface area contributed by atoms with Crippen molar-refractivity contribution in [3.05, 3.63) is 34.1 Å². The number of halogens is 2. The van der Waals surface area contributed by atoms with Crippen LogP contribution >= 0.6 is 15.9 Å². The van der Waals surface area contributed by atoms with Crippen LogP contribution in [-0.2, 0) is 10.3 Å². The van der Waals surface area contributed by atoms with Gasteiger partial charge >= 0.3 is 5.97 Å². The Bertz CT molecular complexity index is 397. The van der Waals surface area contributed by atoms with E-state index in [4.69, 9.17) is 5.11 Å². The van der Waals surface area contributed by atoms with E-state index in [1.807, 2.05) is 0 Å². The fourth-order valence-electron chi connectivity index (χ4n) is 1.18. The Balaban J connectivity index is 3.25. The number of hydrogen-bond donors (Lipinski definition) is 2. The molecule has 0 saturated carbocycles. The van der Waals surface area contributed by atoms with E-state index in [-0.39, 0.29) is 4.47 Å². The van der Waals surface area contributed by atoms with Crippen LogP contribution in [0.4, 0.5) is 4.39 Å². The van der Waals surface area contributed by atoms with Crippen LogP contribution in [0.1, 0.15) is 12.5 Å². The molecule has 0 aliphatic carbocycles. The van der Waals surface area contributed by atoms with E-state index < -0.39 is 17.3 Å². The Hall–Kier alpha value is -0.940. The molecular formula is C10H11BrFNO2. The van der Waals surface area contributed by atoms with Crippen LogP contribution in [0.2, 0.25) is 0 Å². The second-order valence-electron chi connectivity index (χ2n) is 3.31. The maximum atomic E-state index is 13.0. The molecular weight excluding hydrogens is 265 g/mol. The predicted octanol–water partition coefficient (Wildman–Crippen LogP) is 2.11. The Morgan fingerprint density at radius 1 is 1.60 bits per heavy atom. The summed E-state index contributed by atoms with van der Waals surface area (Å²) in [7, 11) is 1.55. The molecule has 0 aromatic heterocycles. The highest BCUT2D eigenvalue weighted by Gasteiger charge is 2.33. The summed E-state index contributed by atoms with van der Waals surface area (Å²) in [5, 5.41) is 11.8. The lowest BCUT2D eigenvalue weighted by molar-refractivity contribution is -0.144. The molecule has 82 valence electrons. The molecule has 1 aromatic carbocycles. The van der Waals surface area contributed by atoms with Gasteiger partial charge in [-0.05, 0) is 47.6 Å². The number of carboxylic acids is 1. The van der Waals surface area contributed by atoms with E-state index in [9.17, 15) is 9.18 Å². The van der Waals surface area contributed by atoms with Gasteiger partial charge in [0.05, 0.1) is 4.47 Å². The summed E-state index contributed by atoms with van der Waals surface area (Å²) in [6, 6.07) is 4.14. The summed E-state index contributed by atoms with van der Waals surface area (Å²) in [6.07, 6.45) is 0. The number of aliphatic carboxylic acids is 1. The van der Waals surface area contributed by atoms with Crippen LogP contribution in [0.25, 0.3) is 0 Å². The van der Waals surface area contributed by atoms with Crippen LogP contribution < -0.4 is 5.32 Å². The maximum Gasteiger partial charge on any atom is 0.328 e. The summed E-state index contributed by atoms with van der Waals surface area (Å²) in [5.74, 6) is -1.42. The number of likely N-dealkylation sites (N-methyl/N-ethyl adjacent to an activating group) is 1. The summed E-state index contributed by atoms with van der Waals surface area (Å²) in [6.45, 7) is 1.52. The zero-order valence-corrected chi connectivity index (χ0v) is 9.93. The third-order valence-electron chi connectivity index (χ3n) is 2.42. The SMILES string of the molecule is CN[C@](C)(C(=O)O)c1ccc(F)c(Br)c1. The van der Waals surface area contributed by atoms with Gasteiger partial charge < -0.3 is 10.4 Å². The van der Waals surface area contributed by atoms with Crippen molar-refractivity contribution in [2.75, 3.05) is 7.05 Å². The molecule has 2 N–H and O–H groups in total. The number of rotatable bonds is 3. The molecule has 0 aliphatic heterocycles. The minimum Gasteiger partial charge on any atom is -0.480 e. The van der Waals surface area contributed by atoms with Crippen molar-refractivity contribution in [2.45, 2.75) is 12.5 Å². The monoisotopic (exact) mass is 275 g/mol. The minimum atomic E-state index is -1.21. The van der Waals surface area contributed by atoms with Crippen molar-refractivity contribution >= 4 is 21.9 Å². The largest absolute Gasteiger partial charge is 0.480 e. The second kappa shape index (κ2) is 4.28. The molecule has 5 heteroatoms. The zero-order chi connectivity index (χ0) is 11.6. The van der Waals surface area contributed by atoms with E-state index >= 15 is 0 Å². The van der Waals surface area contributed by atoms with Crippen LogP contribution in [0.5, 0.6) is 0 Å². The fraction of sp³-hybridized carbons (Fsp3) is 0.300. The van der Waals surface area contributed by atoms with Gasteiger partial charge in [-0.25, -0.2) is 9.18 Å². The van der Waals surface area contributed by atoms with Gasteiger partial charge in [-0.3, -0.25) is 0 Å². The molecule has 0 amide bonds. The molecule has 0 bridgehead atoms. The highest BCUT2D eigenvalue weighted by atomic mass is 79.9. The number of hydrogen-bond acceptors (Lipinski definition) is 2. The smallest absolute Gasteiger partial charge is 0.328 e. The van der Waals surface area contributed by atoms with Crippen LogP contribution in [0.15, 0.2) is 22.7 Å². The molecule has 3 nitrogen and oxygen atoms in total. The van der Waals surface area contributed by atoms with E-state index in [0.29, 0.717) is 5.56 Å². The van der Waals surface area contributed by atoms with Gasteiger partial charge in [0, 0.05) is 0 Å². The topological polar surface area (TPSA) is 49.3 Å². The van der Waals surface area contributed by atoms with Gasteiger partial charge in [0.15, 0.2) is 0 Å². The average Bonchev–Trinajstić information content (AvgIpc) is 2.20. The molecule has 0 radical (unpaired) electrons. The van der Waals surface area contributed by atoms with E-state index in [2.05, 4.69) is 21.2 Å². The van der Waals surface area contributed by atoms with Crippen LogP contribution in [-0.4, -0.2) is 18.1 Å². The lowest BCUT2D eigenvalue weighted by atomic mass is 9.92. The van der Waals surface area contributed by atoms with E-state index in [1.54, 1.807) is 7.05 Å². The van der Waals surface area contributed by atoms with Crippen molar-refractivity contribution in [3.63, 3.8) is 0 Å². The Morgan fingerprint density at radius 2 is 2.20 bits per heavy atom. The standard InChI is InChI=1S/C10H11BrFNO2/c1-10(13-2,9(14)15)6-3-4-8(12)7(11)5-6/h3-5,13H,1-2H3,(H,14,15)/t10-/m0/s1. The van der Waals surface area contributed by atoms with E-state index in [1.165, 1.54) is 25.1 Å². The van der Waals surface area contributed by atoms with Crippen LogP contribution in [0.3, 0.4) is 0 Å². The van der Waals surface area contributed by atoms with Gasteiger partial charge in [-0.1, -0.05) is 6.07 Å². The average molecular weight is 276 g/mol. The molecule has 1 atom stereocenters. The number of nitrogens with one attached hydrogen (secondary N) is 1. The normalized spacial score (nSPS) is 14.7. The summed E-state index contributed by atoms with van der Waals surface area (Å²) < 4.78 is 13.2. The highest BCUT2D eigenvalue weighted by molar-refractivity contribution is 9.10. The minimum absolute atomic E-state index is 0.253. The first-order chi connectivity index (χ1) is 6.91. The molecule has 1 rings (SSSR count). The molecule has 0 heterocycles. The van der Waals surface area contributed by atoms with Crippen molar-refractivity contribution in [3.8, 4) is 0 Å². The van der Waals surface area contributed by atoms with Gasteiger partial charge in [0.25, 0.3) is 0 Å². The van der Waals surface area contributed by atoms with Gasteiger partial charge in [-0.15, -0.1) is 0 Å². The van der Waals surface area contributed by atoms with Crippen molar-refractivity contribution in [1.82, 2.24) is 5.32 Å². The zero-order valence-electron chi connectivity index (χ0n) is 8.34. The predicted molar refractivity (Wildman–Crippen MR) is 58.1 cm³/mol. The molecule has 0 aliphatic rings. The van der Waals surface area contributed by atoms with Gasteiger partial charge in [-0.2, -0.15) is 0 Å². The maximum absolute atomic E-state index is 13.0. The summed E-state index contributed by atoms with van der Waals surface area (Å²) in [5.41, 5.74) is -0.721. The third kappa shape index (κ3) is 2.18. The third-order valence-corrected chi connectivity index (χ3v) is 3.03. The molecule has 0 unspecified atom stereocenters. The lowest BCUT2D eigenvalue weighted by Crippen LogP contribution is -2.44. The molecule has 1 aromatic rings. The van der Waals surface area contributed by atoms with Crippen LogP contribution in [0, 0.1) is 5.82 Å². The molecule has 0 fully saturated rings. The first-order valence-corrected chi connectivity index (χ1v) is 5.09. The molecule has 0 saturated heterocycles. The summed E-state index contributed by atoms with van der Waals surface area (Å²) in [4.78, 5) is 11.1. The van der Waals surface area contributed by atoms with Gasteiger partial charge in [0.1, 0.15) is 11.4 Å². The Kier molecular flexibility index (Phi) is 3.46. The van der Waals surface area contributed by atoms with Gasteiger partial charge in [0.2, 0.25) is 0 Å². The molecule has 0 spiro atoms. The Morgan fingerprint density at radius 3 is 2.60 bits per heavy atom. The number of carbonyl (C=O) groups is 1. The number of carboxylic acid groups (broad SMARTS) is 1. The quantitative estimate of drug-likeness (QED) is 0.889.